The Morgan fingerprint density at radius 2 is 2.06 bits per heavy atom. The third kappa shape index (κ3) is 3.01. The minimum atomic E-state index is 0.691. The molecule has 1 aliphatic carbocycles. The smallest absolute Gasteiger partial charge is 0.0592 e. The lowest BCUT2D eigenvalue weighted by Crippen LogP contribution is -2.35. The van der Waals surface area contributed by atoms with Gasteiger partial charge in [0.1, 0.15) is 0 Å². The van der Waals surface area contributed by atoms with E-state index in [-0.39, 0.29) is 0 Å². The van der Waals surface area contributed by atoms with Gasteiger partial charge in [0.05, 0.1) is 10.2 Å². The third-order valence-corrected chi connectivity index (χ3v) is 4.68. The molecule has 1 heterocycles. The Morgan fingerprint density at radius 1 is 1.35 bits per heavy atom. The minimum Gasteiger partial charge on any atom is -0.371 e. The Bertz CT molecular complexity index is 359. The number of hydrogen-bond acceptors (Lipinski definition) is 2. The van der Waals surface area contributed by atoms with Gasteiger partial charge in [-0.2, -0.15) is 0 Å². The predicted octanol–water partition coefficient (Wildman–Crippen LogP) is 4.25. The first kappa shape index (κ1) is 12.9. The van der Waals surface area contributed by atoms with E-state index in [9.17, 15) is 0 Å². The van der Waals surface area contributed by atoms with Crippen molar-refractivity contribution in [1.29, 1.82) is 0 Å². The third-order valence-electron chi connectivity index (χ3n) is 4.07. The second kappa shape index (κ2) is 5.85. The molecular formula is C14H21BrN2. The Kier molecular flexibility index (Phi) is 4.43. The zero-order chi connectivity index (χ0) is 12.3. The predicted molar refractivity (Wildman–Crippen MR) is 76.4 cm³/mol. The largest absolute Gasteiger partial charge is 0.371 e. The molecule has 0 aliphatic heterocycles. The fourth-order valence-electron chi connectivity index (χ4n) is 2.79. The van der Waals surface area contributed by atoms with Gasteiger partial charge in [0.2, 0.25) is 0 Å². The highest BCUT2D eigenvalue weighted by Crippen LogP contribution is 2.33. The fraction of sp³-hybridized carbons (Fsp3) is 0.643. The first-order valence-corrected chi connectivity index (χ1v) is 7.34. The molecule has 17 heavy (non-hydrogen) atoms. The first-order valence-electron chi connectivity index (χ1n) is 6.54. The minimum absolute atomic E-state index is 0.691. The second-order valence-corrected chi connectivity index (χ2v) is 5.88. The van der Waals surface area contributed by atoms with Crippen molar-refractivity contribution in [3.05, 3.63) is 22.9 Å². The molecule has 1 fully saturated rings. The van der Waals surface area contributed by atoms with E-state index in [0.29, 0.717) is 6.04 Å². The van der Waals surface area contributed by atoms with E-state index in [1.807, 2.05) is 12.4 Å². The van der Waals surface area contributed by atoms with Crippen LogP contribution in [0.1, 0.15) is 39.0 Å². The Labute approximate surface area is 113 Å². The number of aromatic nitrogens is 1. The molecule has 0 atom stereocenters. The summed E-state index contributed by atoms with van der Waals surface area (Å²) in [6.07, 6.45) is 10.5. The molecule has 0 spiro atoms. The van der Waals surface area contributed by atoms with Crippen molar-refractivity contribution in [2.75, 3.05) is 11.9 Å². The van der Waals surface area contributed by atoms with Crippen molar-refractivity contribution in [2.24, 2.45) is 5.92 Å². The van der Waals surface area contributed by atoms with Crippen LogP contribution < -0.4 is 4.90 Å². The van der Waals surface area contributed by atoms with Gasteiger partial charge in [-0.25, -0.2) is 0 Å². The standard InChI is InChI=1S/C14H21BrN2/c1-3-11-4-6-12(7-5-11)17(2)14-8-9-16-10-13(14)15/h8-12H,3-7H2,1-2H3. The van der Waals surface area contributed by atoms with Crippen LogP contribution in [0.3, 0.4) is 0 Å². The molecule has 1 aromatic rings. The maximum Gasteiger partial charge on any atom is 0.0592 e. The van der Waals surface area contributed by atoms with Crippen LogP contribution in [-0.4, -0.2) is 18.1 Å². The molecule has 2 nitrogen and oxygen atoms in total. The topological polar surface area (TPSA) is 16.1 Å². The maximum absolute atomic E-state index is 4.12. The van der Waals surface area contributed by atoms with Crippen molar-refractivity contribution in [2.45, 2.75) is 45.1 Å². The molecular weight excluding hydrogens is 276 g/mol. The quantitative estimate of drug-likeness (QED) is 0.829. The average molecular weight is 297 g/mol. The van der Waals surface area contributed by atoms with Gasteiger partial charge in [-0.1, -0.05) is 13.3 Å². The lowest BCUT2D eigenvalue weighted by Gasteiger charge is -2.36. The Balaban J connectivity index is 2.02. The van der Waals surface area contributed by atoms with Gasteiger partial charge in [0.25, 0.3) is 0 Å². The van der Waals surface area contributed by atoms with E-state index in [1.165, 1.54) is 37.8 Å². The van der Waals surface area contributed by atoms with Crippen LogP contribution in [0.25, 0.3) is 0 Å². The van der Waals surface area contributed by atoms with E-state index >= 15 is 0 Å². The summed E-state index contributed by atoms with van der Waals surface area (Å²) in [5, 5.41) is 0. The molecule has 1 saturated carbocycles. The summed E-state index contributed by atoms with van der Waals surface area (Å²) in [7, 11) is 2.21. The highest BCUT2D eigenvalue weighted by atomic mass is 79.9. The highest BCUT2D eigenvalue weighted by Gasteiger charge is 2.23. The molecule has 94 valence electrons. The van der Waals surface area contributed by atoms with E-state index in [4.69, 9.17) is 0 Å². The van der Waals surface area contributed by atoms with Gasteiger partial charge in [0.15, 0.2) is 0 Å². The second-order valence-electron chi connectivity index (χ2n) is 5.02. The molecule has 3 heteroatoms. The molecule has 0 saturated heterocycles. The zero-order valence-electron chi connectivity index (χ0n) is 10.7. The lowest BCUT2D eigenvalue weighted by atomic mass is 9.84. The van der Waals surface area contributed by atoms with Gasteiger partial charge in [-0.3, -0.25) is 4.98 Å². The summed E-state index contributed by atoms with van der Waals surface area (Å²) in [4.78, 5) is 6.54. The Hall–Kier alpha value is -0.570. The van der Waals surface area contributed by atoms with E-state index < -0.39 is 0 Å². The monoisotopic (exact) mass is 296 g/mol. The molecule has 0 unspecified atom stereocenters. The highest BCUT2D eigenvalue weighted by molar-refractivity contribution is 9.10. The number of anilines is 1. The van der Waals surface area contributed by atoms with Crippen LogP contribution in [-0.2, 0) is 0 Å². The molecule has 0 radical (unpaired) electrons. The van der Waals surface area contributed by atoms with Gasteiger partial charge in [-0.05, 0) is 53.6 Å². The zero-order valence-corrected chi connectivity index (χ0v) is 12.3. The summed E-state index contributed by atoms with van der Waals surface area (Å²) in [5.74, 6) is 0.959. The summed E-state index contributed by atoms with van der Waals surface area (Å²) < 4.78 is 1.10. The number of halogens is 1. The van der Waals surface area contributed by atoms with Crippen molar-refractivity contribution < 1.29 is 0 Å². The van der Waals surface area contributed by atoms with Crippen molar-refractivity contribution in [3.8, 4) is 0 Å². The van der Waals surface area contributed by atoms with Crippen molar-refractivity contribution in [1.82, 2.24) is 4.98 Å². The van der Waals surface area contributed by atoms with Gasteiger partial charge < -0.3 is 4.90 Å². The van der Waals surface area contributed by atoms with Gasteiger partial charge in [-0.15, -0.1) is 0 Å². The average Bonchev–Trinajstić information content (AvgIpc) is 2.39. The molecule has 0 bridgehead atoms. The SMILES string of the molecule is CCC1CCC(N(C)c2ccncc2Br)CC1. The number of rotatable bonds is 3. The Morgan fingerprint density at radius 3 is 2.65 bits per heavy atom. The van der Waals surface area contributed by atoms with E-state index in [1.54, 1.807) is 0 Å². The molecule has 0 aromatic carbocycles. The number of nitrogens with zero attached hydrogens (tertiary/aromatic N) is 2. The van der Waals surface area contributed by atoms with Gasteiger partial charge in [0, 0.05) is 25.5 Å². The van der Waals surface area contributed by atoms with Gasteiger partial charge >= 0.3 is 0 Å². The lowest BCUT2D eigenvalue weighted by molar-refractivity contribution is 0.313. The molecule has 0 amide bonds. The van der Waals surface area contributed by atoms with Crippen molar-refractivity contribution >= 4 is 21.6 Å². The van der Waals surface area contributed by atoms with Crippen LogP contribution in [0, 0.1) is 5.92 Å². The van der Waals surface area contributed by atoms with Crippen LogP contribution in [0.4, 0.5) is 5.69 Å². The van der Waals surface area contributed by atoms with Crippen LogP contribution >= 0.6 is 15.9 Å². The fourth-order valence-corrected chi connectivity index (χ4v) is 3.32. The normalized spacial score (nSPS) is 24.6. The summed E-state index contributed by atoms with van der Waals surface area (Å²) >= 11 is 3.58. The summed E-state index contributed by atoms with van der Waals surface area (Å²) in [6, 6.07) is 2.78. The summed E-state index contributed by atoms with van der Waals surface area (Å²) in [5.41, 5.74) is 1.26. The van der Waals surface area contributed by atoms with E-state index in [0.717, 1.165) is 10.4 Å². The summed E-state index contributed by atoms with van der Waals surface area (Å²) in [6.45, 7) is 2.31. The van der Waals surface area contributed by atoms with Crippen LogP contribution in [0.5, 0.6) is 0 Å². The number of pyridine rings is 1. The molecule has 0 N–H and O–H groups in total. The van der Waals surface area contributed by atoms with Crippen LogP contribution in [0.15, 0.2) is 22.9 Å². The number of hydrogen-bond donors (Lipinski definition) is 0. The first-order chi connectivity index (χ1) is 8.22. The van der Waals surface area contributed by atoms with Crippen LogP contribution in [0.2, 0.25) is 0 Å². The molecule has 1 aromatic heterocycles. The molecule has 2 rings (SSSR count). The van der Waals surface area contributed by atoms with Crippen molar-refractivity contribution in [3.63, 3.8) is 0 Å². The maximum atomic E-state index is 4.12. The van der Waals surface area contributed by atoms with E-state index in [2.05, 4.69) is 45.9 Å². The molecule has 1 aliphatic rings.